The van der Waals surface area contributed by atoms with Crippen molar-refractivity contribution in [3.63, 3.8) is 0 Å². The van der Waals surface area contributed by atoms with E-state index in [9.17, 15) is 13.2 Å². The Labute approximate surface area is 156 Å². The third-order valence-corrected chi connectivity index (χ3v) is 7.24. The second kappa shape index (κ2) is 7.86. The van der Waals surface area contributed by atoms with Gasteiger partial charge >= 0.3 is 0 Å². The molecular formula is C17H19ClN2O3S2. The van der Waals surface area contributed by atoms with E-state index in [-0.39, 0.29) is 10.8 Å². The van der Waals surface area contributed by atoms with Crippen molar-refractivity contribution in [2.45, 2.75) is 36.7 Å². The number of amides is 1. The Kier molecular flexibility index (Phi) is 5.78. The van der Waals surface area contributed by atoms with Crippen molar-refractivity contribution in [1.29, 1.82) is 0 Å². The van der Waals surface area contributed by atoms with E-state index < -0.39 is 16.1 Å². The molecule has 0 unspecified atom stereocenters. The van der Waals surface area contributed by atoms with Gasteiger partial charge in [-0.2, -0.15) is 4.31 Å². The molecule has 0 spiro atoms. The highest BCUT2D eigenvalue weighted by molar-refractivity contribution is 7.89. The van der Waals surface area contributed by atoms with Gasteiger partial charge in [-0.3, -0.25) is 4.79 Å². The Balaban J connectivity index is 1.77. The van der Waals surface area contributed by atoms with Crippen LogP contribution in [-0.4, -0.2) is 31.2 Å². The number of benzene rings is 1. The number of nitrogens with one attached hydrogen (secondary N) is 1. The predicted octanol–water partition coefficient (Wildman–Crippen LogP) is 3.26. The van der Waals surface area contributed by atoms with Crippen LogP contribution >= 0.6 is 22.9 Å². The third-order valence-electron chi connectivity index (χ3n) is 4.19. The van der Waals surface area contributed by atoms with E-state index >= 15 is 0 Å². The van der Waals surface area contributed by atoms with Gasteiger partial charge in [0.15, 0.2) is 0 Å². The molecule has 25 heavy (non-hydrogen) atoms. The Hall–Kier alpha value is -1.41. The zero-order valence-electron chi connectivity index (χ0n) is 13.5. The molecule has 2 aromatic rings. The molecule has 1 aliphatic rings. The number of thiophene rings is 1. The summed E-state index contributed by atoms with van der Waals surface area (Å²) >= 11 is 7.40. The Morgan fingerprint density at radius 1 is 1.24 bits per heavy atom. The number of hydrogen-bond donors (Lipinski definition) is 1. The molecule has 3 rings (SSSR count). The van der Waals surface area contributed by atoms with Crippen LogP contribution in [0.4, 0.5) is 0 Å². The number of rotatable bonds is 5. The molecule has 5 nitrogen and oxygen atoms in total. The van der Waals surface area contributed by atoms with Crippen molar-refractivity contribution < 1.29 is 13.2 Å². The van der Waals surface area contributed by atoms with E-state index in [4.69, 9.17) is 11.6 Å². The smallest absolute Gasteiger partial charge is 0.243 e. The van der Waals surface area contributed by atoms with Gasteiger partial charge in [0.1, 0.15) is 6.04 Å². The van der Waals surface area contributed by atoms with Crippen LogP contribution in [0.2, 0.25) is 5.02 Å². The quantitative estimate of drug-likeness (QED) is 0.840. The molecule has 1 fully saturated rings. The van der Waals surface area contributed by atoms with Crippen LogP contribution in [0, 0.1) is 0 Å². The first-order valence-electron chi connectivity index (χ1n) is 8.06. The highest BCUT2D eigenvalue weighted by Gasteiger charge is 2.37. The van der Waals surface area contributed by atoms with Crippen LogP contribution in [-0.2, 0) is 21.4 Å². The lowest BCUT2D eigenvalue weighted by atomic mass is 10.0. The molecule has 1 aromatic heterocycles. The molecule has 134 valence electrons. The van der Waals surface area contributed by atoms with Crippen LogP contribution < -0.4 is 5.32 Å². The number of hydrogen-bond acceptors (Lipinski definition) is 4. The Morgan fingerprint density at radius 2 is 2.00 bits per heavy atom. The van der Waals surface area contributed by atoms with E-state index in [1.165, 1.54) is 16.4 Å². The first-order chi connectivity index (χ1) is 12.0. The zero-order chi connectivity index (χ0) is 17.9. The SMILES string of the molecule is O=C(NCc1cccs1)[C@H]1CCCCN1S(=O)(=O)c1ccc(Cl)cc1. The maximum atomic E-state index is 13.0. The zero-order valence-corrected chi connectivity index (χ0v) is 15.9. The van der Waals surface area contributed by atoms with E-state index in [1.54, 1.807) is 23.5 Å². The molecule has 1 atom stereocenters. The maximum Gasteiger partial charge on any atom is 0.243 e. The summed E-state index contributed by atoms with van der Waals surface area (Å²) in [6.07, 6.45) is 2.12. The molecule has 8 heteroatoms. The summed E-state index contributed by atoms with van der Waals surface area (Å²) < 4.78 is 27.2. The van der Waals surface area contributed by atoms with Crippen LogP contribution in [0.15, 0.2) is 46.7 Å². The third kappa shape index (κ3) is 4.23. The fraction of sp³-hybridized carbons (Fsp3) is 0.353. The van der Waals surface area contributed by atoms with Crippen LogP contribution in [0.1, 0.15) is 24.1 Å². The molecule has 1 aromatic carbocycles. The van der Waals surface area contributed by atoms with E-state index in [1.807, 2.05) is 17.5 Å². The summed E-state index contributed by atoms with van der Waals surface area (Å²) in [6, 6.07) is 9.24. The summed E-state index contributed by atoms with van der Waals surface area (Å²) in [6.45, 7) is 0.768. The summed E-state index contributed by atoms with van der Waals surface area (Å²) in [5.41, 5.74) is 0. The average Bonchev–Trinajstić information content (AvgIpc) is 3.13. The van der Waals surface area contributed by atoms with Crippen molar-refractivity contribution in [3.05, 3.63) is 51.7 Å². The van der Waals surface area contributed by atoms with Crippen LogP contribution in [0.25, 0.3) is 0 Å². The molecule has 2 heterocycles. The summed E-state index contributed by atoms with van der Waals surface area (Å²) in [4.78, 5) is 13.8. The van der Waals surface area contributed by atoms with Gasteiger partial charge in [-0.15, -0.1) is 11.3 Å². The lowest BCUT2D eigenvalue weighted by molar-refractivity contribution is -0.125. The summed E-state index contributed by atoms with van der Waals surface area (Å²) in [5.74, 6) is -0.245. The second-order valence-electron chi connectivity index (χ2n) is 5.88. The number of carbonyl (C=O) groups is 1. The van der Waals surface area contributed by atoms with Crippen molar-refractivity contribution in [2.75, 3.05) is 6.54 Å². The highest BCUT2D eigenvalue weighted by atomic mass is 35.5. The van der Waals surface area contributed by atoms with E-state index in [0.29, 0.717) is 24.5 Å². The normalized spacial score (nSPS) is 18.8. The molecule has 0 saturated carbocycles. The molecule has 1 N–H and O–H groups in total. The minimum Gasteiger partial charge on any atom is -0.350 e. The summed E-state index contributed by atoms with van der Waals surface area (Å²) in [7, 11) is -3.73. The number of piperidine rings is 1. The van der Waals surface area contributed by atoms with Gasteiger partial charge in [-0.1, -0.05) is 24.1 Å². The predicted molar refractivity (Wildman–Crippen MR) is 99.1 cm³/mol. The number of halogens is 1. The minimum atomic E-state index is -3.73. The fourth-order valence-corrected chi connectivity index (χ4v) is 5.33. The van der Waals surface area contributed by atoms with E-state index in [0.717, 1.165) is 17.7 Å². The molecule has 1 aliphatic heterocycles. The minimum absolute atomic E-state index is 0.162. The lowest BCUT2D eigenvalue weighted by Gasteiger charge is -2.33. The molecule has 0 bridgehead atoms. The average molecular weight is 399 g/mol. The molecule has 1 amide bonds. The first-order valence-corrected chi connectivity index (χ1v) is 10.8. The van der Waals surface area contributed by atoms with Crippen LogP contribution in [0.3, 0.4) is 0 Å². The van der Waals surface area contributed by atoms with Gasteiger partial charge in [0.2, 0.25) is 15.9 Å². The maximum absolute atomic E-state index is 13.0. The molecule has 0 aliphatic carbocycles. The fourth-order valence-electron chi connectivity index (χ4n) is 2.90. The lowest BCUT2D eigenvalue weighted by Crippen LogP contribution is -2.51. The van der Waals surface area contributed by atoms with Crippen molar-refractivity contribution in [1.82, 2.24) is 9.62 Å². The van der Waals surface area contributed by atoms with Gasteiger partial charge in [-0.25, -0.2) is 8.42 Å². The van der Waals surface area contributed by atoms with Crippen molar-refractivity contribution >= 4 is 38.9 Å². The topological polar surface area (TPSA) is 66.5 Å². The van der Waals surface area contributed by atoms with Crippen molar-refractivity contribution in [3.8, 4) is 0 Å². The van der Waals surface area contributed by atoms with Crippen LogP contribution in [0.5, 0.6) is 0 Å². The van der Waals surface area contributed by atoms with Gasteiger partial charge < -0.3 is 5.32 Å². The van der Waals surface area contributed by atoms with Gasteiger partial charge in [0, 0.05) is 16.4 Å². The van der Waals surface area contributed by atoms with E-state index in [2.05, 4.69) is 5.32 Å². The second-order valence-corrected chi connectivity index (χ2v) is 9.24. The van der Waals surface area contributed by atoms with Gasteiger partial charge in [0.05, 0.1) is 11.4 Å². The Bertz CT molecular complexity index is 820. The van der Waals surface area contributed by atoms with Gasteiger partial charge in [0.25, 0.3) is 0 Å². The summed E-state index contributed by atoms with van der Waals surface area (Å²) in [5, 5.41) is 5.28. The number of carbonyl (C=O) groups excluding carboxylic acids is 1. The first kappa shape index (κ1) is 18.4. The molecule has 0 radical (unpaired) electrons. The monoisotopic (exact) mass is 398 g/mol. The van der Waals surface area contributed by atoms with Crippen molar-refractivity contribution in [2.24, 2.45) is 0 Å². The highest BCUT2D eigenvalue weighted by Crippen LogP contribution is 2.26. The molecule has 1 saturated heterocycles. The van der Waals surface area contributed by atoms with Gasteiger partial charge in [-0.05, 0) is 48.6 Å². The Morgan fingerprint density at radius 3 is 2.68 bits per heavy atom. The number of nitrogens with zero attached hydrogens (tertiary/aromatic N) is 1. The number of sulfonamides is 1. The standard InChI is InChI=1S/C17H19ClN2O3S2/c18-13-6-8-15(9-7-13)25(22,23)20-10-2-1-5-16(20)17(21)19-12-14-4-3-11-24-14/h3-4,6-9,11,16H,1-2,5,10,12H2,(H,19,21)/t16-/m1/s1. The molecular weight excluding hydrogens is 380 g/mol. The largest absolute Gasteiger partial charge is 0.350 e.